The molecule has 2 aromatic rings. The number of methoxy groups -OCH3 is 1. The largest absolute Gasteiger partial charge is 0.480 e. The first kappa shape index (κ1) is 20.4. The van der Waals surface area contributed by atoms with Crippen molar-refractivity contribution in [3.05, 3.63) is 47.0 Å². The Morgan fingerprint density at radius 3 is 2.37 bits per heavy atom. The molecule has 0 bridgehead atoms. The van der Waals surface area contributed by atoms with Crippen LogP contribution in [0, 0.1) is 0 Å². The van der Waals surface area contributed by atoms with E-state index in [1.165, 1.54) is 7.11 Å². The van der Waals surface area contributed by atoms with Crippen molar-refractivity contribution in [2.45, 2.75) is 32.0 Å². The van der Waals surface area contributed by atoms with Crippen molar-refractivity contribution in [2.75, 3.05) is 31.6 Å². The molecule has 8 nitrogen and oxygen atoms in total. The molecule has 2 saturated heterocycles. The maximum absolute atomic E-state index is 13.5. The summed E-state index contributed by atoms with van der Waals surface area (Å²) in [6.07, 6.45) is 0. The normalized spacial score (nSPS) is 18.2. The van der Waals surface area contributed by atoms with E-state index < -0.39 is 5.54 Å². The first-order valence-corrected chi connectivity index (χ1v) is 10.2. The van der Waals surface area contributed by atoms with Crippen LogP contribution in [0.5, 0.6) is 5.88 Å². The van der Waals surface area contributed by atoms with E-state index >= 15 is 0 Å². The van der Waals surface area contributed by atoms with Gasteiger partial charge in [-0.2, -0.15) is 0 Å². The fourth-order valence-electron chi connectivity index (χ4n) is 4.00. The quantitative estimate of drug-likeness (QED) is 0.723. The van der Waals surface area contributed by atoms with Gasteiger partial charge in [-0.3, -0.25) is 9.59 Å². The van der Waals surface area contributed by atoms with E-state index in [9.17, 15) is 9.59 Å². The second kappa shape index (κ2) is 7.75. The molecule has 9 heteroatoms. The van der Waals surface area contributed by atoms with Crippen molar-refractivity contribution >= 4 is 29.2 Å². The molecule has 1 aromatic carbocycles. The van der Waals surface area contributed by atoms with Crippen molar-refractivity contribution in [1.29, 1.82) is 0 Å². The zero-order valence-electron chi connectivity index (χ0n) is 17.2. The summed E-state index contributed by atoms with van der Waals surface area (Å²) in [7, 11) is 1.53. The highest BCUT2D eigenvalue weighted by Crippen LogP contribution is 2.37. The summed E-state index contributed by atoms with van der Waals surface area (Å²) in [6.45, 7) is 5.05. The number of amides is 2. The molecular formula is C21H24ClN5O3. The number of halogens is 1. The van der Waals surface area contributed by atoms with Crippen LogP contribution < -0.4 is 9.64 Å². The Kier molecular flexibility index (Phi) is 5.27. The third kappa shape index (κ3) is 3.45. The lowest BCUT2D eigenvalue weighted by Gasteiger charge is -2.58. The molecule has 2 fully saturated rings. The van der Waals surface area contributed by atoms with Gasteiger partial charge in [0.2, 0.25) is 11.8 Å². The molecule has 0 saturated carbocycles. The summed E-state index contributed by atoms with van der Waals surface area (Å²) in [5.74, 6) is 0.991. The van der Waals surface area contributed by atoms with Crippen LogP contribution in [-0.4, -0.2) is 70.1 Å². The Hall–Kier alpha value is -2.87. The minimum absolute atomic E-state index is 0.0243. The third-order valence-electron chi connectivity index (χ3n) is 5.72. The van der Waals surface area contributed by atoms with Crippen molar-refractivity contribution in [3.8, 4) is 5.88 Å². The van der Waals surface area contributed by atoms with Crippen molar-refractivity contribution in [3.63, 3.8) is 0 Å². The van der Waals surface area contributed by atoms with Crippen LogP contribution in [0.3, 0.4) is 0 Å². The standard InChI is InChI=1S/C21H24ClN5O3/c1-14(2)26-11-19(28)27(10-15-4-6-16(22)7-5-15)21(20(26)29)12-25(13-21)17-8-9-18(30-3)24-23-17/h4-9,14H,10-13H2,1-3H3. The van der Waals surface area contributed by atoms with E-state index in [1.54, 1.807) is 34.1 Å². The number of anilines is 1. The average Bonchev–Trinajstić information content (AvgIpc) is 2.71. The van der Waals surface area contributed by atoms with E-state index in [1.807, 2.05) is 30.9 Å². The van der Waals surface area contributed by atoms with E-state index in [4.69, 9.17) is 16.3 Å². The van der Waals surface area contributed by atoms with Gasteiger partial charge in [0, 0.05) is 23.7 Å². The number of carbonyl (C=O) groups is 2. The molecule has 0 N–H and O–H groups in total. The zero-order chi connectivity index (χ0) is 21.5. The number of piperazine rings is 1. The molecule has 2 amide bonds. The SMILES string of the molecule is COc1ccc(N2CC3(C2)C(=O)N(C(C)C)CC(=O)N3Cc2ccc(Cl)cc2)nn1. The first-order valence-electron chi connectivity index (χ1n) is 9.83. The van der Waals surface area contributed by atoms with E-state index in [0.29, 0.717) is 36.4 Å². The van der Waals surface area contributed by atoms with Gasteiger partial charge >= 0.3 is 0 Å². The Morgan fingerprint density at radius 1 is 1.10 bits per heavy atom. The number of aromatic nitrogens is 2. The highest BCUT2D eigenvalue weighted by atomic mass is 35.5. The number of ether oxygens (including phenoxy) is 1. The molecule has 0 unspecified atom stereocenters. The summed E-state index contributed by atoms with van der Waals surface area (Å²) >= 11 is 5.99. The number of hydrogen-bond donors (Lipinski definition) is 0. The molecule has 0 aliphatic carbocycles. The molecule has 0 radical (unpaired) electrons. The number of carbonyl (C=O) groups excluding carboxylic acids is 2. The van der Waals surface area contributed by atoms with Crippen LogP contribution in [0.2, 0.25) is 5.02 Å². The highest BCUT2D eigenvalue weighted by molar-refractivity contribution is 6.30. The molecule has 30 heavy (non-hydrogen) atoms. The molecule has 1 aromatic heterocycles. The maximum atomic E-state index is 13.5. The summed E-state index contributed by atoms with van der Waals surface area (Å²) in [5.41, 5.74) is 0.0153. The van der Waals surface area contributed by atoms with Crippen molar-refractivity contribution in [1.82, 2.24) is 20.0 Å². The summed E-state index contributed by atoms with van der Waals surface area (Å²) in [6, 6.07) is 10.8. The molecule has 3 heterocycles. The Bertz CT molecular complexity index is 942. The van der Waals surface area contributed by atoms with Gasteiger partial charge in [-0.25, -0.2) is 0 Å². The third-order valence-corrected chi connectivity index (χ3v) is 5.98. The van der Waals surface area contributed by atoms with Crippen LogP contribution in [0.1, 0.15) is 19.4 Å². The van der Waals surface area contributed by atoms with Crippen LogP contribution >= 0.6 is 11.6 Å². The van der Waals surface area contributed by atoms with Crippen LogP contribution in [0.15, 0.2) is 36.4 Å². The highest BCUT2D eigenvalue weighted by Gasteiger charge is 2.60. The summed E-state index contributed by atoms with van der Waals surface area (Å²) in [5, 5.41) is 8.81. The second-order valence-corrected chi connectivity index (χ2v) is 8.39. The van der Waals surface area contributed by atoms with Gasteiger partial charge in [0.1, 0.15) is 6.54 Å². The molecule has 4 rings (SSSR count). The fraction of sp³-hybridized carbons (Fsp3) is 0.429. The van der Waals surface area contributed by atoms with E-state index in [-0.39, 0.29) is 24.4 Å². The van der Waals surface area contributed by atoms with Crippen LogP contribution in [-0.2, 0) is 16.1 Å². The maximum Gasteiger partial charge on any atom is 0.252 e. The zero-order valence-corrected chi connectivity index (χ0v) is 18.0. The fourth-order valence-corrected chi connectivity index (χ4v) is 4.12. The molecule has 1 spiro atoms. The number of benzene rings is 1. The monoisotopic (exact) mass is 429 g/mol. The van der Waals surface area contributed by atoms with E-state index in [0.717, 1.165) is 5.56 Å². The number of nitrogens with zero attached hydrogens (tertiary/aromatic N) is 5. The average molecular weight is 430 g/mol. The predicted molar refractivity (Wildman–Crippen MR) is 112 cm³/mol. The van der Waals surface area contributed by atoms with Crippen LogP contribution in [0.25, 0.3) is 0 Å². The minimum atomic E-state index is -0.916. The Balaban J connectivity index is 1.62. The molecular weight excluding hydrogens is 406 g/mol. The van der Waals surface area contributed by atoms with Gasteiger partial charge in [0.05, 0.1) is 20.2 Å². The Morgan fingerprint density at radius 2 is 1.80 bits per heavy atom. The van der Waals surface area contributed by atoms with Gasteiger partial charge in [0.25, 0.3) is 5.91 Å². The van der Waals surface area contributed by atoms with Crippen molar-refractivity contribution < 1.29 is 14.3 Å². The lowest BCUT2D eigenvalue weighted by Crippen LogP contribution is -2.81. The number of hydrogen-bond acceptors (Lipinski definition) is 6. The van der Waals surface area contributed by atoms with Gasteiger partial charge in [-0.05, 0) is 37.6 Å². The smallest absolute Gasteiger partial charge is 0.252 e. The van der Waals surface area contributed by atoms with Gasteiger partial charge < -0.3 is 19.4 Å². The molecule has 158 valence electrons. The molecule has 0 atom stereocenters. The van der Waals surface area contributed by atoms with Crippen LogP contribution in [0.4, 0.5) is 5.82 Å². The van der Waals surface area contributed by atoms with E-state index in [2.05, 4.69) is 10.2 Å². The molecule has 2 aliphatic heterocycles. The Labute approximate surface area is 180 Å². The molecule has 2 aliphatic rings. The lowest BCUT2D eigenvalue weighted by atomic mass is 9.82. The number of rotatable bonds is 5. The lowest BCUT2D eigenvalue weighted by molar-refractivity contribution is -0.170. The second-order valence-electron chi connectivity index (χ2n) is 7.95. The summed E-state index contributed by atoms with van der Waals surface area (Å²) < 4.78 is 5.06. The predicted octanol–water partition coefficient (Wildman–Crippen LogP) is 1.98. The van der Waals surface area contributed by atoms with Gasteiger partial charge in [0.15, 0.2) is 11.4 Å². The minimum Gasteiger partial charge on any atom is -0.480 e. The van der Waals surface area contributed by atoms with Gasteiger partial charge in [-0.1, -0.05) is 23.7 Å². The topological polar surface area (TPSA) is 78.9 Å². The first-order chi connectivity index (χ1) is 14.3. The van der Waals surface area contributed by atoms with Crippen molar-refractivity contribution in [2.24, 2.45) is 0 Å². The summed E-state index contributed by atoms with van der Waals surface area (Å²) in [4.78, 5) is 31.9. The van der Waals surface area contributed by atoms with Gasteiger partial charge in [-0.15, -0.1) is 10.2 Å².